The minimum Gasteiger partial charge on any atom is -0.363 e. The summed E-state index contributed by atoms with van der Waals surface area (Å²) in [5.74, 6) is 0. The van der Waals surface area contributed by atoms with E-state index in [1.54, 1.807) is 6.92 Å². The molecule has 14 heavy (non-hydrogen) atoms. The second-order valence-electron chi connectivity index (χ2n) is 2.87. The monoisotopic (exact) mass is 228 g/mol. The number of nitrogens with zero attached hydrogens (tertiary/aromatic N) is 1. The number of alkyl halides is 3. The zero-order valence-electron chi connectivity index (χ0n) is 8.32. The van der Waals surface area contributed by atoms with Gasteiger partial charge in [0.05, 0.1) is 0 Å². The molecule has 0 heterocycles. The highest BCUT2D eigenvalue weighted by Gasteiger charge is 2.31. The van der Waals surface area contributed by atoms with Crippen molar-refractivity contribution in [2.24, 2.45) is 0 Å². The smallest absolute Gasteiger partial charge is 0.363 e. The average molecular weight is 228 g/mol. The molecule has 1 N–H and O–H groups in total. The SMILES string of the molecule is CCCN(CC(F)(F)F)C(=S)NCC. The Hall–Kier alpha value is -0.520. The van der Waals surface area contributed by atoms with Crippen molar-refractivity contribution in [3.8, 4) is 0 Å². The van der Waals surface area contributed by atoms with Crippen LogP contribution in [0.25, 0.3) is 0 Å². The Morgan fingerprint density at radius 3 is 2.29 bits per heavy atom. The second kappa shape index (κ2) is 6.06. The predicted molar refractivity (Wildman–Crippen MR) is 54.2 cm³/mol. The first kappa shape index (κ1) is 13.5. The van der Waals surface area contributed by atoms with Crippen molar-refractivity contribution in [2.45, 2.75) is 26.4 Å². The summed E-state index contributed by atoms with van der Waals surface area (Å²) < 4.78 is 36.3. The van der Waals surface area contributed by atoms with E-state index >= 15 is 0 Å². The van der Waals surface area contributed by atoms with Crippen LogP contribution in [0.5, 0.6) is 0 Å². The molecule has 6 heteroatoms. The molecule has 0 saturated carbocycles. The second-order valence-corrected chi connectivity index (χ2v) is 3.26. The molecule has 0 unspecified atom stereocenters. The summed E-state index contributed by atoms with van der Waals surface area (Å²) in [6.45, 7) is 3.50. The van der Waals surface area contributed by atoms with Crippen LogP contribution in [0.2, 0.25) is 0 Å². The van der Waals surface area contributed by atoms with Gasteiger partial charge in [-0.05, 0) is 25.6 Å². The van der Waals surface area contributed by atoms with Gasteiger partial charge in [-0.25, -0.2) is 0 Å². The van der Waals surface area contributed by atoms with Crippen LogP contribution >= 0.6 is 12.2 Å². The molecule has 0 bridgehead atoms. The van der Waals surface area contributed by atoms with Gasteiger partial charge in [-0.15, -0.1) is 0 Å². The molecule has 0 fully saturated rings. The number of hydrogen-bond acceptors (Lipinski definition) is 1. The van der Waals surface area contributed by atoms with E-state index in [0.717, 1.165) is 4.90 Å². The van der Waals surface area contributed by atoms with Crippen LogP contribution in [0.1, 0.15) is 20.3 Å². The Bertz CT molecular complexity index is 182. The van der Waals surface area contributed by atoms with Crippen molar-refractivity contribution in [1.82, 2.24) is 10.2 Å². The third kappa shape index (κ3) is 6.01. The number of nitrogens with one attached hydrogen (secondary N) is 1. The van der Waals surface area contributed by atoms with E-state index in [4.69, 9.17) is 12.2 Å². The Morgan fingerprint density at radius 1 is 1.36 bits per heavy atom. The molecule has 0 rings (SSSR count). The van der Waals surface area contributed by atoms with Crippen LogP contribution in [0.4, 0.5) is 13.2 Å². The molecule has 0 amide bonds. The molecule has 0 aromatic rings. The fourth-order valence-corrected chi connectivity index (χ4v) is 1.30. The summed E-state index contributed by atoms with van der Waals surface area (Å²) in [6.07, 6.45) is -3.56. The van der Waals surface area contributed by atoms with Crippen LogP contribution in [-0.2, 0) is 0 Å². The van der Waals surface area contributed by atoms with Gasteiger partial charge in [-0.1, -0.05) is 6.92 Å². The topological polar surface area (TPSA) is 15.3 Å². The lowest BCUT2D eigenvalue weighted by Crippen LogP contribution is -2.44. The number of thiocarbonyl (C=S) groups is 1. The average Bonchev–Trinajstić information content (AvgIpc) is 2.01. The summed E-state index contributed by atoms with van der Waals surface area (Å²) in [6, 6.07) is 0. The molecule has 0 spiro atoms. The van der Waals surface area contributed by atoms with Gasteiger partial charge in [-0.2, -0.15) is 13.2 Å². The van der Waals surface area contributed by atoms with E-state index in [1.807, 2.05) is 6.92 Å². The van der Waals surface area contributed by atoms with Crippen molar-refractivity contribution in [1.29, 1.82) is 0 Å². The first-order valence-corrected chi connectivity index (χ1v) is 4.91. The number of rotatable bonds is 4. The maximum absolute atomic E-state index is 12.1. The van der Waals surface area contributed by atoms with E-state index in [-0.39, 0.29) is 5.11 Å². The minimum atomic E-state index is -4.20. The van der Waals surface area contributed by atoms with Crippen molar-refractivity contribution < 1.29 is 13.2 Å². The lowest BCUT2D eigenvalue weighted by molar-refractivity contribution is -0.137. The van der Waals surface area contributed by atoms with Gasteiger partial charge >= 0.3 is 6.18 Å². The van der Waals surface area contributed by atoms with Crippen molar-refractivity contribution >= 4 is 17.3 Å². The number of halogens is 3. The van der Waals surface area contributed by atoms with Crippen LogP contribution in [0.15, 0.2) is 0 Å². The fraction of sp³-hybridized carbons (Fsp3) is 0.875. The maximum Gasteiger partial charge on any atom is 0.406 e. The van der Waals surface area contributed by atoms with Gasteiger partial charge < -0.3 is 10.2 Å². The van der Waals surface area contributed by atoms with Gasteiger partial charge in [-0.3, -0.25) is 0 Å². The molecule has 0 aromatic heterocycles. The van der Waals surface area contributed by atoms with Crippen molar-refractivity contribution in [3.63, 3.8) is 0 Å². The molecule has 0 atom stereocenters. The van der Waals surface area contributed by atoms with Crippen LogP contribution < -0.4 is 5.32 Å². The highest BCUT2D eigenvalue weighted by Crippen LogP contribution is 2.16. The van der Waals surface area contributed by atoms with E-state index in [1.165, 1.54) is 0 Å². The molecule has 2 nitrogen and oxygen atoms in total. The zero-order valence-corrected chi connectivity index (χ0v) is 9.13. The Balaban J connectivity index is 4.21. The lowest BCUT2D eigenvalue weighted by Gasteiger charge is -2.25. The normalized spacial score (nSPS) is 11.2. The Labute approximate surface area is 87.5 Å². The first-order chi connectivity index (χ1) is 6.40. The highest BCUT2D eigenvalue weighted by atomic mass is 32.1. The van der Waals surface area contributed by atoms with Gasteiger partial charge in [0.2, 0.25) is 0 Å². The van der Waals surface area contributed by atoms with Gasteiger partial charge in [0.25, 0.3) is 0 Å². The summed E-state index contributed by atoms with van der Waals surface area (Å²) in [5.41, 5.74) is 0. The van der Waals surface area contributed by atoms with Gasteiger partial charge in [0, 0.05) is 13.1 Å². The molecule has 0 radical (unpaired) electrons. The molecular formula is C8H15F3N2S. The Kier molecular flexibility index (Phi) is 5.83. The predicted octanol–water partition coefficient (Wildman–Crippen LogP) is 2.16. The summed E-state index contributed by atoms with van der Waals surface area (Å²) in [7, 11) is 0. The highest BCUT2D eigenvalue weighted by molar-refractivity contribution is 7.80. The fourth-order valence-electron chi connectivity index (χ4n) is 1.00. The standard InChI is InChI=1S/C8H15F3N2S/c1-3-5-13(6-8(9,10)11)7(14)12-4-2/h3-6H2,1-2H3,(H,12,14). The van der Waals surface area contributed by atoms with E-state index in [9.17, 15) is 13.2 Å². The third-order valence-corrected chi connectivity index (χ3v) is 1.88. The third-order valence-electron chi connectivity index (χ3n) is 1.48. The summed E-state index contributed by atoms with van der Waals surface area (Å²) >= 11 is 4.82. The molecule has 0 aliphatic rings. The van der Waals surface area contributed by atoms with Crippen LogP contribution in [-0.4, -0.2) is 35.8 Å². The van der Waals surface area contributed by atoms with Gasteiger partial charge in [0.15, 0.2) is 5.11 Å². The van der Waals surface area contributed by atoms with Crippen LogP contribution in [0, 0.1) is 0 Å². The molecule has 0 saturated heterocycles. The van der Waals surface area contributed by atoms with Crippen LogP contribution in [0.3, 0.4) is 0 Å². The lowest BCUT2D eigenvalue weighted by atomic mass is 10.4. The number of hydrogen-bond donors (Lipinski definition) is 1. The van der Waals surface area contributed by atoms with E-state index < -0.39 is 12.7 Å². The van der Waals surface area contributed by atoms with Crippen molar-refractivity contribution in [2.75, 3.05) is 19.6 Å². The summed E-state index contributed by atoms with van der Waals surface area (Å²) in [5, 5.41) is 2.88. The largest absolute Gasteiger partial charge is 0.406 e. The van der Waals surface area contributed by atoms with E-state index in [0.29, 0.717) is 19.5 Å². The first-order valence-electron chi connectivity index (χ1n) is 4.50. The zero-order chi connectivity index (χ0) is 11.2. The quantitative estimate of drug-likeness (QED) is 0.742. The molecule has 0 aliphatic carbocycles. The van der Waals surface area contributed by atoms with E-state index in [2.05, 4.69) is 5.32 Å². The van der Waals surface area contributed by atoms with Gasteiger partial charge in [0.1, 0.15) is 6.54 Å². The van der Waals surface area contributed by atoms with Crippen molar-refractivity contribution in [3.05, 3.63) is 0 Å². The minimum absolute atomic E-state index is 0.173. The molecule has 84 valence electrons. The molecule has 0 aromatic carbocycles. The molecular weight excluding hydrogens is 213 g/mol. The maximum atomic E-state index is 12.1. The molecule has 0 aliphatic heterocycles. The Morgan fingerprint density at radius 2 is 1.93 bits per heavy atom. The summed E-state index contributed by atoms with van der Waals surface area (Å²) in [4.78, 5) is 1.14.